The summed E-state index contributed by atoms with van der Waals surface area (Å²) in [6.07, 6.45) is 1.60. The molecule has 7 rings (SSSR count). The van der Waals surface area contributed by atoms with Gasteiger partial charge in [0, 0.05) is 38.4 Å². The van der Waals surface area contributed by atoms with Crippen molar-refractivity contribution in [2.24, 2.45) is 7.05 Å². The van der Waals surface area contributed by atoms with Crippen molar-refractivity contribution in [3.8, 4) is 17.1 Å². The van der Waals surface area contributed by atoms with Crippen molar-refractivity contribution in [2.45, 2.75) is 0 Å². The maximum Gasteiger partial charge on any atom is 0.197 e. The van der Waals surface area contributed by atoms with E-state index in [0.717, 1.165) is 36.8 Å². The van der Waals surface area contributed by atoms with E-state index < -0.39 is 0 Å². The first-order valence-electron chi connectivity index (χ1n) is 12.2. The van der Waals surface area contributed by atoms with Crippen molar-refractivity contribution in [3.63, 3.8) is 0 Å². The van der Waals surface area contributed by atoms with E-state index in [9.17, 15) is 9.59 Å². The second kappa shape index (κ2) is 8.97. The van der Waals surface area contributed by atoms with Crippen molar-refractivity contribution in [2.75, 3.05) is 0 Å². The van der Waals surface area contributed by atoms with Gasteiger partial charge in [0.15, 0.2) is 22.9 Å². The van der Waals surface area contributed by atoms with E-state index in [2.05, 4.69) is 31.9 Å². The largest absolute Gasteiger partial charge is 0.310 e. The number of benzene rings is 4. The predicted molar refractivity (Wildman–Crippen MR) is 159 cm³/mol. The third-order valence-corrected chi connectivity index (χ3v) is 8.87. The summed E-state index contributed by atoms with van der Waals surface area (Å²) >= 11 is 7.04. The lowest BCUT2D eigenvalue weighted by atomic mass is 10.0. The number of hydrogen-bond acceptors (Lipinski definition) is 4. The number of allylic oxidation sites excluding steroid dienone is 1. The van der Waals surface area contributed by atoms with Gasteiger partial charge in [-0.15, -0.1) is 0 Å². The highest BCUT2D eigenvalue weighted by Crippen LogP contribution is 2.36. The molecule has 0 radical (unpaired) electrons. The normalized spacial score (nSPS) is 13.1. The lowest BCUT2D eigenvalue weighted by molar-refractivity contribution is 0.0990. The number of carbonyl (C=O) groups excluding carboxylic acids is 2. The third-order valence-electron chi connectivity index (χ3n) is 7.02. The minimum atomic E-state index is -0.305. The molecule has 39 heavy (non-hydrogen) atoms. The number of fused-ring (bicyclic) bond motifs is 3. The Bertz CT molecular complexity index is 1960. The monoisotopic (exact) mass is 636 g/mol. The average Bonchev–Trinajstić information content (AvgIpc) is 3.54. The maximum atomic E-state index is 13.5. The van der Waals surface area contributed by atoms with Crippen LogP contribution in [0.3, 0.4) is 0 Å². The second-order valence-corrected chi connectivity index (χ2v) is 11.1. The number of imidazole rings is 2. The van der Waals surface area contributed by atoms with Gasteiger partial charge in [-0.3, -0.25) is 14.2 Å². The van der Waals surface area contributed by atoms with Crippen LogP contribution in [0, 0.1) is 0 Å². The van der Waals surface area contributed by atoms with Crippen LogP contribution in [0.4, 0.5) is 0 Å². The molecule has 2 heterocycles. The van der Waals surface area contributed by atoms with Crippen molar-refractivity contribution < 1.29 is 9.59 Å². The number of aromatic nitrogens is 4. The first-order valence-corrected chi connectivity index (χ1v) is 13.8. The maximum absolute atomic E-state index is 13.5. The van der Waals surface area contributed by atoms with E-state index in [1.807, 2.05) is 89.0 Å². The Morgan fingerprint density at radius 2 is 1.28 bits per heavy atom. The molecule has 0 unspecified atom stereocenters. The van der Waals surface area contributed by atoms with Crippen LogP contribution in [0.5, 0.6) is 0 Å². The predicted octanol–water partition coefficient (Wildman–Crippen LogP) is 7.57. The third kappa shape index (κ3) is 3.74. The number of para-hydroxylation sites is 1. The number of aryl methyl sites for hydroxylation is 1. The highest BCUT2D eigenvalue weighted by atomic mass is 79.9. The van der Waals surface area contributed by atoms with Crippen molar-refractivity contribution in [1.82, 2.24) is 19.1 Å². The Morgan fingerprint density at radius 1 is 0.718 bits per heavy atom. The first kappa shape index (κ1) is 23.9. The first-order chi connectivity index (χ1) is 18.9. The fourth-order valence-corrected chi connectivity index (χ4v) is 5.84. The fraction of sp³-hybridized carbons (Fsp3) is 0.0323. The van der Waals surface area contributed by atoms with Crippen LogP contribution in [0.1, 0.15) is 26.5 Å². The molecule has 8 heteroatoms. The summed E-state index contributed by atoms with van der Waals surface area (Å²) in [5.41, 5.74) is 4.00. The van der Waals surface area contributed by atoms with E-state index in [0.29, 0.717) is 28.2 Å². The van der Waals surface area contributed by atoms with Crippen LogP contribution < -0.4 is 0 Å². The molecule has 4 aromatic carbocycles. The van der Waals surface area contributed by atoms with Crippen molar-refractivity contribution in [3.05, 3.63) is 116 Å². The van der Waals surface area contributed by atoms with Crippen LogP contribution in [0.15, 0.2) is 99.4 Å². The average molecular weight is 638 g/mol. The number of nitrogens with zero attached hydrogens (tertiary/aromatic N) is 4. The molecular formula is C31H18Br2N4O2. The van der Waals surface area contributed by atoms with Gasteiger partial charge in [0.25, 0.3) is 0 Å². The van der Waals surface area contributed by atoms with E-state index in [-0.39, 0.29) is 17.1 Å². The molecule has 0 aliphatic heterocycles. The summed E-state index contributed by atoms with van der Waals surface area (Å²) in [7, 11) is 1.92. The number of carbonyl (C=O) groups is 2. The molecule has 0 N–H and O–H groups in total. The molecule has 0 bridgehead atoms. The van der Waals surface area contributed by atoms with Crippen molar-refractivity contribution in [1.29, 1.82) is 0 Å². The zero-order valence-corrected chi connectivity index (χ0v) is 23.7. The lowest BCUT2D eigenvalue weighted by Crippen LogP contribution is -2.04. The fourth-order valence-electron chi connectivity index (χ4n) is 5.11. The van der Waals surface area contributed by atoms with Gasteiger partial charge in [-0.1, -0.05) is 48.5 Å². The van der Waals surface area contributed by atoms with Gasteiger partial charge >= 0.3 is 0 Å². The van der Waals surface area contributed by atoms with Gasteiger partial charge in [-0.25, -0.2) is 9.97 Å². The zero-order valence-electron chi connectivity index (χ0n) is 20.5. The molecule has 1 aliphatic rings. The van der Waals surface area contributed by atoms with Crippen LogP contribution >= 0.6 is 31.9 Å². The summed E-state index contributed by atoms with van der Waals surface area (Å²) in [6.45, 7) is 0. The lowest BCUT2D eigenvalue weighted by Gasteiger charge is -2.06. The van der Waals surface area contributed by atoms with Crippen molar-refractivity contribution >= 4 is 71.6 Å². The van der Waals surface area contributed by atoms with Gasteiger partial charge in [-0.05, 0) is 85.1 Å². The van der Waals surface area contributed by atoms with Gasteiger partial charge in [0.05, 0.1) is 5.57 Å². The van der Waals surface area contributed by atoms with Gasteiger partial charge in [-0.2, -0.15) is 0 Å². The summed E-state index contributed by atoms with van der Waals surface area (Å²) in [5, 5.41) is 1.75. The van der Waals surface area contributed by atoms with Crippen LogP contribution in [0.2, 0.25) is 0 Å². The molecule has 0 spiro atoms. The Hall–Kier alpha value is -4.14. The topological polar surface area (TPSA) is 69.8 Å². The molecular weight excluding hydrogens is 620 g/mol. The Balaban J connectivity index is 1.42. The summed E-state index contributed by atoms with van der Waals surface area (Å²) in [6, 6.07) is 27.1. The molecule has 2 aromatic heterocycles. The van der Waals surface area contributed by atoms with E-state index in [1.54, 1.807) is 18.2 Å². The van der Waals surface area contributed by atoms with Crippen LogP contribution in [-0.2, 0) is 7.05 Å². The van der Waals surface area contributed by atoms with Gasteiger partial charge < -0.3 is 4.57 Å². The molecule has 0 atom stereocenters. The van der Waals surface area contributed by atoms with E-state index in [4.69, 9.17) is 9.97 Å². The number of halogens is 2. The van der Waals surface area contributed by atoms with Crippen LogP contribution in [0.25, 0.3) is 45.2 Å². The minimum absolute atomic E-state index is 0.0919. The Kier molecular flexibility index (Phi) is 5.50. The summed E-state index contributed by atoms with van der Waals surface area (Å²) in [4.78, 5) is 36.9. The second-order valence-electron chi connectivity index (χ2n) is 9.38. The quantitative estimate of drug-likeness (QED) is 0.148. The molecule has 1 aliphatic carbocycles. The smallest absolute Gasteiger partial charge is 0.197 e. The standard InChI is InChI=1S/C31H18Br2N4O2/c1-36-29(17-8-4-2-5-9-17)35-31-30(36)34-26(37(31)20-10-6-3-7-11-20)16-23-27(38)21-12-18-14-24(32)25(33)15-19(18)13-22(21)28(23)39/h2-16H,1H3. The minimum Gasteiger partial charge on any atom is -0.310 e. The van der Waals surface area contributed by atoms with Crippen LogP contribution in [-0.4, -0.2) is 30.7 Å². The SMILES string of the molecule is Cn1c(-c2ccccc2)nc2c1nc(C=C1C(=O)c3cc4cc(Br)c(Br)cc4cc3C1=O)n2-c1ccccc1. The molecule has 0 saturated heterocycles. The molecule has 0 fully saturated rings. The van der Waals surface area contributed by atoms with E-state index >= 15 is 0 Å². The Morgan fingerprint density at radius 3 is 1.87 bits per heavy atom. The number of Topliss-reactive ketones (excluding diaryl/α,β-unsaturated/α-hetero) is 2. The number of rotatable bonds is 3. The highest BCUT2D eigenvalue weighted by molar-refractivity contribution is 9.13. The van der Waals surface area contributed by atoms with Gasteiger partial charge in [0.2, 0.25) is 0 Å². The number of hydrogen-bond donors (Lipinski definition) is 0. The summed E-state index contributed by atoms with van der Waals surface area (Å²) < 4.78 is 5.58. The molecule has 188 valence electrons. The Labute approximate surface area is 239 Å². The summed E-state index contributed by atoms with van der Waals surface area (Å²) in [5.74, 6) is 0.635. The molecule has 0 amide bonds. The van der Waals surface area contributed by atoms with E-state index in [1.165, 1.54) is 0 Å². The molecule has 0 saturated carbocycles. The number of ketones is 2. The van der Waals surface area contributed by atoms with Gasteiger partial charge in [0.1, 0.15) is 11.6 Å². The molecule has 6 nitrogen and oxygen atoms in total. The highest BCUT2D eigenvalue weighted by Gasteiger charge is 2.34. The molecule has 6 aromatic rings. The zero-order chi connectivity index (χ0) is 26.8.